The Morgan fingerprint density at radius 2 is 2.03 bits per heavy atom. The van der Waals surface area contributed by atoms with Crippen molar-refractivity contribution in [2.45, 2.75) is 38.5 Å². The standard InChI is InChI=1S/C19H26F2N4O6/c1-12(17(26)29-2)6-5-8-19(30-3,31-4)15-10-13(7-9-23-15)16(24-18(20)21)14(11-22)25(27)28/h7,9-12,18H,5-6,8,22H2,1-4H3/t12-/m1/s1. The summed E-state index contributed by atoms with van der Waals surface area (Å²) in [5.74, 6) is -2.09. The number of aromatic nitrogens is 1. The van der Waals surface area contributed by atoms with Crippen LogP contribution in [0.1, 0.15) is 37.4 Å². The molecule has 0 saturated carbocycles. The Hall–Kier alpha value is -2.99. The molecule has 1 atom stereocenters. The number of alkyl halides is 2. The molecule has 0 fully saturated rings. The van der Waals surface area contributed by atoms with Crippen LogP contribution in [0.3, 0.4) is 0 Å². The molecule has 0 unspecified atom stereocenters. The zero-order valence-corrected chi connectivity index (χ0v) is 17.7. The maximum atomic E-state index is 13.0. The minimum atomic E-state index is -3.20. The van der Waals surface area contributed by atoms with Gasteiger partial charge in [0.2, 0.25) is 5.79 Å². The van der Waals surface area contributed by atoms with E-state index in [9.17, 15) is 23.7 Å². The van der Waals surface area contributed by atoms with Gasteiger partial charge in [-0.2, -0.15) is 8.78 Å². The van der Waals surface area contributed by atoms with Gasteiger partial charge in [0.25, 0.3) is 0 Å². The lowest BCUT2D eigenvalue weighted by molar-refractivity contribution is -0.415. The second-order valence-electron chi connectivity index (χ2n) is 6.47. The number of carbonyl (C=O) groups excluding carboxylic acids is 1. The normalized spacial score (nSPS) is 13.9. The third-order valence-electron chi connectivity index (χ3n) is 4.65. The van der Waals surface area contributed by atoms with Gasteiger partial charge in [0.1, 0.15) is 5.69 Å². The molecule has 1 aromatic rings. The van der Waals surface area contributed by atoms with Crippen molar-refractivity contribution in [3.63, 3.8) is 0 Å². The summed E-state index contributed by atoms with van der Waals surface area (Å²) in [5, 5.41) is 11.2. The van der Waals surface area contributed by atoms with Gasteiger partial charge in [-0.1, -0.05) is 6.92 Å². The van der Waals surface area contributed by atoms with E-state index in [1.54, 1.807) is 6.92 Å². The largest absolute Gasteiger partial charge is 0.469 e. The van der Waals surface area contributed by atoms with Crippen molar-refractivity contribution in [1.82, 2.24) is 4.98 Å². The fraction of sp³-hybridized carbons (Fsp3) is 0.526. The van der Waals surface area contributed by atoms with Crippen molar-refractivity contribution in [3.8, 4) is 0 Å². The van der Waals surface area contributed by atoms with Gasteiger partial charge in [-0.15, -0.1) is 0 Å². The van der Waals surface area contributed by atoms with Gasteiger partial charge in [0, 0.05) is 32.4 Å². The SMILES string of the molecule is COC(=O)[C@H](C)CCCC(OC)(OC)c1cc(C(=NC(F)F)C(=CN)[N+](=O)[O-])ccn1. The highest BCUT2D eigenvalue weighted by Gasteiger charge is 2.35. The first-order valence-electron chi connectivity index (χ1n) is 9.23. The quantitative estimate of drug-likeness (QED) is 0.130. The number of halogens is 2. The highest BCUT2D eigenvalue weighted by Crippen LogP contribution is 2.32. The molecule has 0 saturated heterocycles. The first-order valence-corrected chi connectivity index (χ1v) is 9.23. The summed E-state index contributed by atoms with van der Waals surface area (Å²) in [6, 6.07) is 2.60. The third kappa shape index (κ3) is 6.76. The van der Waals surface area contributed by atoms with Gasteiger partial charge in [-0.05, 0) is 25.0 Å². The molecule has 0 amide bonds. The Morgan fingerprint density at radius 1 is 1.39 bits per heavy atom. The average Bonchev–Trinajstić information content (AvgIpc) is 2.75. The van der Waals surface area contributed by atoms with Crippen LogP contribution in [0.5, 0.6) is 0 Å². The number of carbonyl (C=O) groups is 1. The summed E-state index contributed by atoms with van der Waals surface area (Å²) in [5.41, 5.74) is 4.04. The van der Waals surface area contributed by atoms with E-state index in [-0.39, 0.29) is 29.6 Å². The first kappa shape index (κ1) is 26.0. The lowest BCUT2D eigenvalue weighted by atomic mass is 9.97. The number of pyridine rings is 1. The van der Waals surface area contributed by atoms with Gasteiger partial charge in [-0.3, -0.25) is 19.9 Å². The van der Waals surface area contributed by atoms with Crippen LogP contribution < -0.4 is 5.73 Å². The smallest absolute Gasteiger partial charge is 0.332 e. The van der Waals surface area contributed by atoms with Crippen molar-refractivity contribution in [1.29, 1.82) is 0 Å². The maximum Gasteiger partial charge on any atom is 0.332 e. The molecule has 0 aliphatic carbocycles. The van der Waals surface area contributed by atoms with Crippen LogP contribution in [-0.4, -0.2) is 49.5 Å². The van der Waals surface area contributed by atoms with E-state index in [1.807, 2.05) is 0 Å². The summed E-state index contributed by atoms with van der Waals surface area (Å²) in [4.78, 5) is 29.2. The number of methoxy groups -OCH3 is 3. The molecule has 0 aliphatic rings. The van der Waals surface area contributed by atoms with Crippen molar-refractivity contribution in [2.24, 2.45) is 16.6 Å². The van der Waals surface area contributed by atoms with Crippen molar-refractivity contribution >= 4 is 11.7 Å². The van der Waals surface area contributed by atoms with Crippen molar-refractivity contribution in [2.75, 3.05) is 21.3 Å². The second-order valence-corrected chi connectivity index (χ2v) is 6.47. The minimum absolute atomic E-state index is 0.0138. The van der Waals surface area contributed by atoms with Crippen LogP contribution in [0.4, 0.5) is 8.78 Å². The number of nitrogens with zero attached hydrogens (tertiary/aromatic N) is 3. The molecule has 12 heteroatoms. The molecule has 0 spiro atoms. The first-order chi connectivity index (χ1) is 14.6. The number of nitrogens with two attached hydrogens (primary N) is 1. The molecule has 0 aromatic carbocycles. The van der Waals surface area contributed by atoms with Crippen LogP contribution in [-0.2, 0) is 24.8 Å². The van der Waals surface area contributed by atoms with Gasteiger partial charge >= 0.3 is 18.2 Å². The molecule has 1 rings (SSSR count). The fourth-order valence-corrected chi connectivity index (χ4v) is 2.98. The number of aliphatic imine (C=N–C) groups is 1. The zero-order valence-electron chi connectivity index (χ0n) is 17.7. The Labute approximate surface area is 178 Å². The van der Waals surface area contributed by atoms with E-state index >= 15 is 0 Å². The van der Waals surface area contributed by atoms with E-state index in [1.165, 1.54) is 39.7 Å². The van der Waals surface area contributed by atoms with Gasteiger partial charge in [0.15, 0.2) is 5.71 Å². The van der Waals surface area contributed by atoms with Gasteiger partial charge < -0.3 is 19.9 Å². The number of esters is 1. The molecular formula is C19H26F2N4O6. The van der Waals surface area contributed by atoms with E-state index in [0.29, 0.717) is 19.0 Å². The highest BCUT2D eigenvalue weighted by molar-refractivity contribution is 6.11. The van der Waals surface area contributed by atoms with E-state index < -0.39 is 28.7 Å². The van der Waals surface area contributed by atoms with Crippen molar-refractivity contribution in [3.05, 3.63) is 51.6 Å². The van der Waals surface area contributed by atoms with E-state index in [0.717, 1.165) is 0 Å². The zero-order chi connectivity index (χ0) is 23.6. The van der Waals surface area contributed by atoms with Crippen LogP contribution in [0.2, 0.25) is 0 Å². The maximum absolute atomic E-state index is 13.0. The third-order valence-corrected chi connectivity index (χ3v) is 4.65. The average molecular weight is 444 g/mol. The van der Waals surface area contributed by atoms with E-state index in [4.69, 9.17) is 19.9 Å². The van der Waals surface area contributed by atoms with E-state index in [2.05, 4.69) is 9.98 Å². The van der Waals surface area contributed by atoms with Crippen LogP contribution in [0.15, 0.2) is 35.2 Å². The fourth-order valence-electron chi connectivity index (χ4n) is 2.98. The molecule has 1 heterocycles. The number of hydrogen-bond acceptors (Lipinski definition) is 9. The highest BCUT2D eigenvalue weighted by atomic mass is 19.3. The number of hydrogen-bond donors (Lipinski definition) is 1. The Bertz CT molecular complexity index is 827. The Balaban J connectivity index is 3.31. The van der Waals surface area contributed by atoms with Crippen molar-refractivity contribution < 1.29 is 32.7 Å². The molecule has 0 bridgehead atoms. The second kappa shape index (κ2) is 12.0. The number of allylic oxidation sites excluding steroid dienone is 1. The van der Waals surface area contributed by atoms with Crippen LogP contribution >= 0.6 is 0 Å². The molecule has 2 N–H and O–H groups in total. The van der Waals surface area contributed by atoms with Crippen LogP contribution in [0.25, 0.3) is 0 Å². The predicted molar refractivity (Wildman–Crippen MR) is 107 cm³/mol. The minimum Gasteiger partial charge on any atom is -0.469 e. The topological polar surface area (TPSA) is 139 Å². The summed E-state index contributed by atoms with van der Waals surface area (Å²) < 4.78 is 41.7. The Kier molecular flexibility index (Phi) is 10.1. The summed E-state index contributed by atoms with van der Waals surface area (Å²) in [6.07, 6.45) is 3.07. The molecule has 0 radical (unpaired) electrons. The Morgan fingerprint density at radius 3 is 2.52 bits per heavy atom. The van der Waals surface area contributed by atoms with Gasteiger partial charge in [-0.25, -0.2) is 4.99 Å². The molecule has 172 valence electrons. The molecule has 31 heavy (non-hydrogen) atoms. The molecule has 0 aliphatic heterocycles. The van der Waals surface area contributed by atoms with Crippen LogP contribution in [0, 0.1) is 16.0 Å². The summed E-state index contributed by atoms with van der Waals surface area (Å²) in [7, 11) is 4.05. The molecule has 10 nitrogen and oxygen atoms in total. The molecular weight excluding hydrogens is 418 g/mol. The number of rotatable bonds is 12. The lowest BCUT2D eigenvalue weighted by Crippen LogP contribution is -2.32. The number of nitro groups is 1. The van der Waals surface area contributed by atoms with Gasteiger partial charge in [0.05, 0.1) is 24.2 Å². The predicted octanol–water partition coefficient (Wildman–Crippen LogP) is 2.60. The summed E-state index contributed by atoms with van der Waals surface area (Å²) >= 11 is 0. The summed E-state index contributed by atoms with van der Waals surface area (Å²) in [6.45, 7) is -1.48. The lowest BCUT2D eigenvalue weighted by Gasteiger charge is -2.31. The number of ether oxygens (including phenoxy) is 3. The monoisotopic (exact) mass is 444 g/mol. The molecule has 1 aromatic heterocycles.